The van der Waals surface area contributed by atoms with Crippen LogP contribution >= 0.6 is 0 Å². The second-order valence-corrected chi connectivity index (χ2v) is 3.90. The van der Waals surface area contributed by atoms with Crippen molar-refractivity contribution in [2.45, 2.75) is 25.3 Å². The standard InChI is InChI=1S/C10H15NO6/c1-2-17-9(16)10(3-4-10)11(5-7(12)13)6-8(14)15/h2-6H2,1H3,(H,12,13)(H,14,15). The highest BCUT2D eigenvalue weighted by atomic mass is 16.5. The molecule has 7 heteroatoms. The fourth-order valence-corrected chi connectivity index (χ4v) is 1.72. The summed E-state index contributed by atoms with van der Waals surface area (Å²) in [6, 6.07) is 0. The molecule has 0 atom stereocenters. The minimum Gasteiger partial charge on any atom is -0.480 e. The lowest BCUT2D eigenvalue weighted by Gasteiger charge is -2.26. The van der Waals surface area contributed by atoms with Gasteiger partial charge in [0.15, 0.2) is 0 Å². The molecule has 0 radical (unpaired) electrons. The summed E-state index contributed by atoms with van der Waals surface area (Å²) in [7, 11) is 0. The van der Waals surface area contributed by atoms with E-state index in [-0.39, 0.29) is 6.61 Å². The van der Waals surface area contributed by atoms with Crippen molar-refractivity contribution in [3.8, 4) is 0 Å². The maximum absolute atomic E-state index is 11.7. The number of rotatable bonds is 7. The molecule has 0 aromatic heterocycles. The van der Waals surface area contributed by atoms with Crippen LogP contribution in [0.1, 0.15) is 19.8 Å². The molecular weight excluding hydrogens is 230 g/mol. The molecule has 0 aromatic carbocycles. The second kappa shape index (κ2) is 5.13. The first-order valence-electron chi connectivity index (χ1n) is 5.28. The van der Waals surface area contributed by atoms with Crippen LogP contribution < -0.4 is 0 Å². The minimum atomic E-state index is -1.16. The molecule has 7 nitrogen and oxygen atoms in total. The van der Waals surface area contributed by atoms with E-state index in [1.807, 2.05) is 0 Å². The molecule has 0 spiro atoms. The number of carboxylic acids is 2. The smallest absolute Gasteiger partial charge is 0.326 e. The topological polar surface area (TPSA) is 104 Å². The Morgan fingerprint density at radius 2 is 1.65 bits per heavy atom. The predicted octanol–water partition coefficient (Wildman–Crippen LogP) is -0.447. The van der Waals surface area contributed by atoms with Gasteiger partial charge in [-0.25, -0.2) is 0 Å². The third-order valence-electron chi connectivity index (χ3n) is 2.64. The van der Waals surface area contributed by atoms with Crippen LogP contribution in [0.4, 0.5) is 0 Å². The van der Waals surface area contributed by atoms with E-state index in [2.05, 4.69) is 0 Å². The molecule has 1 rings (SSSR count). The van der Waals surface area contributed by atoms with Gasteiger partial charge in [0.25, 0.3) is 0 Å². The lowest BCUT2D eigenvalue weighted by molar-refractivity contribution is -0.155. The largest absolute Gasteiger partial charge is 0.480 e. The highest BCUT2D eigenvalue weighted by Crippen LogP contribution is 2.42. The molecule has 0 aliphatic heterocycles. The SMILES string of the molecule is CCOC(=O)C1(N(CC(=O)O)CC(=O)O)CC1. The van der Waals surface area contributed by atoms with E-state index < -0.39 is 36.5 Å². The van der Waals surface area contributed by atoms with E-state index in [9.17, 15) is 14.4 Å². The molecule has 0 aromatic rings. The highest BCUT2D eigenvalue weighted by Gasteiger charge is 2.56. The average molecular weight is 245 g/mol. The molecule has 1 saturated carbocycles. The number of carboxylic acid groups (broad SMARTS) is 2. The molecule has 0 bridgehead atoms. The quantitative estimate of drug-likeness (QED) is 0.585. The average Bonchev–Trinajstić information content (AvgIpc) is 2.96. The van der Waals surface area contributed by atoms with E-state index in [0.29, 0.717) is 12.8 Å². The lowest BCUT2D eigenvalue weighted by Crippen LogP contribution is -2.49. The molecule has 17 heavy (non-hydrogen) atoms. The van der Waals surface area contributed by atoms with E-state index in [1.165, 1.54) is 0 Å². The highest BCUT2D eigenvalue weighted by molar-refractivity contribution is 5.86. The Balaban J connectivity index is 2.77. The zero-order chi connectivity index (χ0) is 13.1. The first-order chi connectivity index (χ1) is 7.92. The van der Waals surface area contributed by atoms with Crippen LogP contribution in [0.5, 0.6) is 0 Å². The first kappa shape index (κ1) is 13.4. The van der Waals surface area contributed by atoms with Crippen LogP contribution in [0.3, 0.4) is 0 Å². The molecule has 0 amide bonds. The van der Waals surface area contributed by atoms with Crippen molar-refractivity contribution in [2.24, 2.45) is 0 Å². The number of carbonyl (C=O) groups is 3. The Bertz CT molecular complexity index is 320. The number of carbonyl (C=O) groups excluding carboxylic acids is 1. The van der Waals surface area contributed by atoms with Gasteiger partial charge in [-0.2, -0.15) is 0 Å². The number of hydrogen-bond donors (Lipinski definition) is 2. The van der Waals surface area contributed by atoms with Crippen molar-refractivity contribution < 1.29 is 29.3 Å². The Morgan fingerprint density at radius 3 is 1.94 bits per heavy atom. The zero-order valence-electron chi connectivity index (χ0n) is 9.51. The predicted molar refractivity (Wildman–Crippen MR) is 55.4 cm³/mol. The summed E-state index contributed by atoms with van der Waals surface area (Å²) in [6.07, 6.45) is 0.874. The van der Waals surface area contributed by atoms with E-state index in [4.69, 9.17) is 14.9 Å². The maximum atomic E-state index is 11.7. The van der Waals surface area contributed by atoms with Crippen molar-refractivity contribution in [2.75, 3.05) is 19.7 Å². The summed E-state index contributed by atoms with van der Waals surface area (Å²) in [5.41, 5.74) is -1.05. The van der Waals surface area contributed by atoms with Crippen molar-refractivity contribution in [3.63, 3.8) is 0 Å². The van der Waals surface area contributed by atoms with Crippen LogP contribution in [0.15, 0.2) is 0 Å². The molecular formula is C10H15NO6. The van der Waals surface area contributed by atoms with Crippen molar-refractivity contribution >= 4 is 17.9 Å². The second-order valence-electron chi connectivity index (χ2n) is 3.90. The van der Waals surface area contributed by atoms with Crippen LogP contribution in [-0.4, -0.2) is 58.3 Å². The molecule has 0 unspecified atom stereocenters. The number of esters is 1. The molecule has 1 aliphatic rings. The molecule has 96 valence electrons. The van der Waals surface area contributed by atoms with Gasteiger partial charge in [-0.1, -0.05) is 0 Å². The summed E-state index contributed by atoms with van der Waals surface area (Å²) < 4.78 is 4.85. The fraction of sp³-hybridized carbons (Fsp3) is 0.700. The summed E-state index contributed by atoms with van der Waals surface area (Å²) in [5, 5.41) is 17.4. The van der Waals surface area contributed by atoms with E-state index in [0.717, 1.165) is 4.90 Å². The van der Waals surface area contributed by atoms with Gasteiger partial charge in [0, 0.05) is 0 Å². The summed E-state index contributed by atoms with van der Waals surface area (Å²) in [6.45, 7) is 0.873. The zero-order valence-corrected chi connectivity index (χ0v) is 9.51. The third-order valence-corrected chi connectivity index (χ3v) is 2.64. The molecule has 0 heterocycles. The summed E-state index contributed by atoms with van der Waals surface area (Å²) >= 11 is 0. The van der Waals surface area contributed by atoms with Crippen LogP contribution in [-0.2, 0) is 19.1 Å². The number of ether oxygens (including phenoxy) is 1. The van der Waals surface area contributed by atoms with Crippen LogP contribution in [0.25, 0.3) is 0 Å². The van der Waals surface area contributed by atoms with Crippen LogP contribution in [0.2, 0.25) is 0 Å². The summed E-state index contributed by atoms with van der Waals surface area (Å²) in [5.74, 6) is -2.87. The number of nitrogens with zero attached hydrogens (tertiary/aromatic N) is 1. The lowest BCUT2D eigenvalue weighted by atomic mass is 10.2. The first-order valence-corrected chi connectivity index (χ1v) is 5.28. The molecule has 1 fully saturated rings. The Kier molecular flexibility index (Phi) is 4.06. The third kappa shape index (κ3) is 3.16. The molecule has 1 aliphatic carbocycles. The number of hydrogen-bond acceptors (Lipinski definition) is 5. The Hall–Kier alpha value is -1.63. The van der Waals surface area contributed by atoms with Gasteiger partial charge in [0.2, 0.25) is 0 Å². The van der Waals surface area contributed by atoms with Gasteiger partial charge in [0.05, 0.1) is 19.7 Å². The van der Waals surface area contributed by atoms with Crippen LogP contribution in [0, 0.1) is 0 Å². The van der Waals surface area contributed by atoms with E-state index >= 15 is 0 Å². The van der Waals surface area contributed by atoms with Crippen molar-refractivity contribution in [1.82, 2.24) is 4.90 Å². The Labute approximate surface area is 98.0 Å². The van der Waals surface area contributed by atoms with Gasteiger partial charge < -0.3 is 14.9 Å². The minimum absolute atomic E-state index is 0.189. The van der Waals surface area contributed by atoms with E-state index in [1.54, 1.807) is 6.92 Å². The molecule has 2 N–H and O–H groups in total. The van der Waals surface area contributed by atoms with Gasteiger partial charge in [-0.15, -0.1) is 0 Å². The van der Waals surface area contributed by atoms with Gasteiger partial charge in [-0.05, 0) is 19.8 Å². The van der Waals surface area contributed by atoms with Crippen molar-refractivity contribution in [3.05, 3.63) is 0 Å². The monoisotopic (exact) mass is 245 g/mol. The maximum Gasteiger partial charge on any atom is 0.326 e. The van der Waals surface area contributed by atoms with Crippen molar-refractivity contribution in [1.29, 1.82) is 0 Å². The Morgan fingerprint density at radius 1 is 1.18 bits per heavy atom. The molecule has 0 saturated heterocycles. The van der Waals surface area contributed by atoms with Gasteiger partial charge in [-0.3, -0.25) is 19.3 Å². The van der Waals surface area contributed by atoms with Gasteiger partial charge in [0.1, 0.15) is 5.54 Å². The summed E-state index contributed by atoms with van der Waals surface area (Å²) in [4.78, 5) is 34.1. The fourth-order valence-electron chi connectivity index (χ4n) is 1.72. The number of aliphatic carboxylic acids is 2. The normalized spacial score (nSPS) is 16.6. The van der Waals surface area contributed by atoms with Gasteiger partial charge >= 0.3 is 17.9 Å².